The molecule has 0 aliphatic rings. The highest BCUT2D eigenvalue weighted by Gasteiger charge is 2.28. The Morgan fingerprint density at radius 1 is 0.765 bits per heavy atom. The van der Waals surface area contributed by atoms with Gasteiger partial charge in [0.1, 0.15) is 18.1 Å². The fourth-order valence-electron chi connectivity index (χ4n) is 3.42. The summed E-state index contributed by atoms with van der Waals surface area (Å²) in [6.45, 7) is 0. The second kappa shape index (κ2) is 11.7. The zero-order valence-electron chi connectivity index (χ0n) is 18.1. The highest BCUT2D eigenvalue weighted by Crippen LogP contribution is 2.19. The highest BCUT2D eigenvalue weighted by molar-refractivity contribution is 6.07. The summed E-state index contributed by atoms with van der Waals surface area (Å²) in [5, 5.41) is 20.4. The summed E-state index contributed by atoms with van der Waals surface area (Å²) in [5.41, 5.74) is 17.4. The van der Waals surface area contributed by atoms with Gasteiger partial charge in [0.2, 0.25) is 0 Å². The molecule has 0 saturated carbocycles. The molecule has 2 amide bonds. The summed E-state index contributed by atoms with van der Waals surface area (Å²) >= 11 is 0. The standard InChI is InChI=1S/C23H26N4O7/c24-16(21(30)31)9-12-5-1-3-7-14(12)19(28)11-18(27-23(26)34)20(29)15-8-4-2-6-13(15)10-17(25)22(32)33/h1-8,16-18H,9-11,24-25H2,(H,30,31)(H,32,33)(H3,26,27,34). The van der Waals surface area contributed by atoms with Gasteiger partial charge in [-0.25, -0.2) is 4.79 Å². The van der Waals surface area contributed by atoms with Gasteiger partial charge in [-0.05, 0) is 24.0 Å². The first-order valence-corrected chi connectivity index (χ1v) is 10.3. The Labute approximate surface area is 194 Å². The third-order valence-electron chi connectivity index (χ3n) is 5.14. The van der Waals surface area contributed by atoms with Gasteiger partial charge in [-0.2, -0.15) is 0 Å². The molecule has 0 aliphatic carbocycles. The number of carbonyl (C=O) groups is 5. The SMILES string of the molecule is NC(=O)NC(CC(=O)c1ccccc1CC(N)C(=O)O)C(=O)c1ccccc1CC(N)C(=O)O. The second-order valence-electron chi connectivity index (χ2n) is 7.66. The number of nitrogens with one attached hydrogen (secondary N) is 1. The van der Waals surface area contributed by atoms with Crippen LogP contribution in [-0.4, -0.2) is 57.9 Å². The maximum atomic E-state index is 13.3. The van der Waals surface area contributed by atoms with Crippen LogP contribution in [0.25, 0.3) is 0 Å². The van der Waals surface area contributed by atoms with Crippen LogP contribution in [0.4, 0.5) is 4.79 Å². The van der Waals surface area contributed by atoms with Crippen molar-refractivity contribution in [1.29, 1.82) is 0 Å². The molecule has 0 radical (unpaired) electrons. The van der Waals surface area contributed by atoms with Crippen LogP contribution in [0.3, 0.4) is 0 Å². The molecule has 0 heterocycles. The fourth-order valence-corrected chi connectivity index (χ4v) is 3.42. The van der Waals surface area contributed by atoms with E-state index in [1.54, 1.807) is 30.3 Å². The van der Waals surface area contributed by atoms with E-state index in [1.165, 1.54) is 18.2 Å². The number of aliphatic carboxylic acids is 2. The lowest BCUT2D eigenvalue weighted by Crippen LogP contribution is -2.45. The van der Waals surface area contributed by atoms with Crippen molar-refractivity contribution in [2.75, 3.05) is 0 Å². The van der Waals surface area contributed by atoms with Crippen LogP contribution >= 0.6 is 0 Å². The minimum atomic E-state index is -1.35. The molecule has 0 saturated heterocycles. The van der Waals surface area contributed by atoms with Gasteiger partial charge in [-0.3, -0.25) is 19.2 Å². The number of amides is 2. The van der Waals surface area contributed by atoms with Crippen LogP contribution in [0.1, 0.15) is 38.3 Å². The number of Topliss-reactive ketones (excluding diaryl/α,β-unsaturated/α-hetero) is 2. The van der Waals surface area contributed by atoms with Gasteiger partial charge in [0.25, 0.3) is 0 Å². The Bertz CT molecular complexity index is 1100. The van der Waals surface area contributed by atoms with Crippen LogP contribution in [-0.2, 0) is 22.4 Å². The van der Waals surface area contributed by atoms with E-state index >= 15 is 0 Å². The van der Waals surface area contributed by atoms with Gasteiger partial charge < -0.3 is 32.7 Å². The van der Waals surface area contributed by atoms with Crippen LogP contribution in [0.5, 0.6) is 0 Å². The summed E-state index contributed by atoms with van der Waals surface area (Å²) in [5.74, 6) is -3.68. The summed E-state index contributed by atoms with van der Waals surface area (Å²) in [6.07, 6.45) is -0.736. The van der Waals surface area contributed by atoms with E-state index in [0.717, 1.165) is 0 Å². The van der Waals surface area contributed by atoms with Crippen molar-refractivity contribution in [1.82, 2.24) is 5.32 Å². The number of ketones is 2. The number of rotatable bonds is 12. The zero-order valence-corrected chi connectivity index (χ0v) is 18.1. The van der Waals surface area contributed by atoms with Gasteiger partial charge >= 0.3 is 18.0 Å². The largest absolute Gasteiger partial charge is 0.480 e. The molecule has 0 spiro atoms. The van der Waals surface area contributed by atoms with E-state index in [9.17, 15) is 24.0 Å². The molecule has 0 aliphatic heterocycles. The predicted molar refractivity (Wildman–Crippen MR) is 121 cm³/mol. The maximum Gasteiger partial charge on any atom is 0.320 e. The first-order chi connectivity index (χ1) is 16.0. The number of primary amides is 1. The van der Waals surface area contributed by atoms with Crippen LogP contribution in [0.15, 0.2) is 48.5 Å². The predicted octanol–water partition coefficient (Wildman–Crippen LogP) is 0.0880. The molecule has 2 aromatic rings. The van der Waals surface area contributed by atoms with Crippen molar-refractivity contribution in [3.63, 3.8) is 0 Å². The van der Waals surface area contributed by atoms with E-state index < -0.39 is 54.1 Å². The number of hydrogen-bond donors (Lipinski definition) is 6. The summed E-state index contributed by atoms with van der Waals surface area (Å²) in [7, 11) is 0. The lowest BCUT2D eigenvalue weighted by Gasteiger charge is -2.19. The Hall–Kier alpha value is -4.09. The van der Waals surface area contributed by atoms with Crippen molar-refractivity contribution in [3.8, 4) is 0 Å². The van der Waals surface area contributed by atoms with Crippen LogP contribution < -0.4 is 22.5 Å². The Balaban J connectivity index is 2.35. The average molecular weight is 470 g/mol. The van der Waals surface area contributed by atoms with Crippen molar-refractivity contribution in [2.45, 2.75) is 37.4 Å². The normalized spacial score (nSPS) is 13.4. The summed E-state index contributed by atoms with van der Waals surface area (Å²) < 4.78 is 0. The molecule has 3 atom stereocenters. The minimum absolute atomic E-state index is 0.0898. The molecule has 180 valence electrons. The average Bonchev–Trinajstić information content (AvgIpc) is 2.78. The second-order valence-corrected chi connectivity index (χ2v) is 7.66. The fraction of sp³-hybridized carbons (Fsp3) is 0.261. The monoisotopic (exact) mass is 470 g/mol. The lowest BCUT2D eigenvalue weighted by atomic mass is 9.90. The first kappa shape index (κ1) is 26.2. The molecule has 9 N–H and O–H groups in total. The Kier molecular flexibility index (Phi) is 8.99. The third kappa shape index (κ3) is 6.95. The smallest absolute Gasteiger partial charge is 0.320 e. The maximum absolute atomic E-state index is 13.3. The molecule has 2 rings (SSSR count). The Morgan fingerprint density at radius 3 is 1.68 bits per heavy atom. The molecule has 34 heavy (non-hydrogen) atoms. The first-order valence-electron chi connectivity index (χ1n) is 10.3. The molecule has 3 unspecified atom stereocenters. The Morgan fingerprint density at radius 2 is 1.21 bits per heavy atom. The van der Waals surface area contributed by atoms with E-state index in [1.807, 2.05) is 0 Å². The van der Waals surface area contributed by atoms with Crippen molar-refractivity contribution < 1.29 is 34.2 Å². The van der Waals surface area contributed by atoms with Crippen LogP contribution in [0, 0.1) is 0 Å². The number of benzene rings is 2. The van der Waals surface area contributed by atoms with E-state index in [-0.39, 0.29) is 24.0 Å². The van der Waals surface area contributed by atoms with Gasteiger partial charge in [-0.15, -0.1) is 0 Å². The minimum Gasteiger partial charge on any atom is -0.480 e. The van der Waals surface area contributed by atoms with Crippen molar-refractivity contribution in [3.05, 3.63) is 70.8 Å². The highest BCUT2D eigenvalue weighted by atomic mass is 16.4. The third-order valence-corrected chi connectivity index (χ3v) is 5.14. The molecular formula is C23H26N4O7. The molecule has 0 aromatic heterocycles. The molecule has 2 aromatic carbocycles. The number of carboxylic acids is 2. The molecule has 11 heteroatoms. The summed E-state index contributed by atoms with van der Waals surface area (Å²) in [4.78, 5) is 60.2. The van der Waals surface area contributed by atoms with Gasteiger partial charge in [0.15, 0.2) is 11.6 Å². The number of carbonyl (C=O) groups excluding carboxylic acids is 3. The van der Waals surface area contributed by atoms with Crippen LogP contribution in [0.2, 0.25) is 0 Å². The zero-order chi connectivity index (χ0) is 25.4. The van der Waals surface area contributed by atoms with Crippen molar-refractivity contribution >= 4 is 29.5 Å². The van der Waals surface area contributed by atoms with E-state index in [2.05, 4.69) is 5.32 Å². The van der Waals surface area contributed by atoms with Gasteiger partial charge in [0, 0.05) is 17.5 Å². The van der Waals surface area contributed by atoms with E-state index in [4.69, 9.17) is 27.4 Å². The van der Waals surface area contributed by atoms with Gasteiger partial charge in [-0.1, -0.05) is 48.5 Å². The number of hydrogen-bond acceptors (Lipinski definition) is 7. The van der Waals surface area contributed by atoms with Crippen molar-refractivity contribution in [2.24, 2.45) is 17.2 Å². The number of nitrogens with two attached hydrogens (primary N) is 3. The topological polar surface area (TPSA) is 216 Å². The molecule has 0 fully saturated rings. The number of carboxylic acid groups (broad SMARTS) is 2. The van der Waals surface area contributed by atoms with Gasteiger partial charge in [0.05, 0.1) is 0 Å². The molecule has 0 bridgehead atoms. The summed E-state index contributed by atoms with van der Waals surface area (Å²) in [6, 6.07) is 7.45. The van der Waals surface area contributed by atoms with E-state index in [0.29, 0.717) is 11.1 Å². The molecular weight excluding hydrogens is 444 g/mol. The molecule has 11 nitrogen and oxygen atoms in total. The lowest BCUT2D eigenvalue weighted by molar-refractivity contribution is -0.139. The number of urea groups is 1. The quantitative estimate of drug-likeness (QED) is 0.231.